The van der Waals surface area contributed by atoms with Gasteiger partial charge in [-0.25, -0.2) is 4.79 Å². The smallest absolute Gasteiger partial charge is 0.336 e. The molecule has 3 aromatic rings. The lowest BCUT2D eigenvalue weighted by Gasteiger charge is -2.13. The number of nitrogens with one attached hydrogen (secondary N) is 1. The van der Waals surface area contributed by atoms with Crippen molar-refractivity contribution in [1.82, 2.24) is 5.32 Å². The molecule has 6 heteroatoms. The summed E-state index contributed by atoms with van der Waals surface area (Å²) >= 11 is 2.13. The van der Waals surface area contributed by atoms with Crippen molar-refractivity contribution in [1.29, 1.82) is 0 Å². The minimum Gasteiger partial charge on any atom is -0.497 e. The van der Waals surface area contributed by atoms with E-state index in [1.54, 1.807) is 37.4 Å². The molecule has 0 aliphatic carbocycles. The van der Waals surface area contributed by atoms with E-state index < -0.39 is 5.97 Å². The fourth-order valence-electron chi connectivity index (χ4n) is 2.86. The molecule has 0 aliphatic rings. The highest BCUT2D eigenvalue weighted by atomic mass is 127. The van der Waals surface area contributed by atoms with Crippen LogP contribution in [0.1, 0.15) is 26.3 Å². The van der Waals surface area contributed by atoms with Crippen LogP contribution in [0.2, 0.25) is 0 Å². The van der Waals surface area contributed by atoms with E-state index in [0.717, 1.165) is 14.9 Å². The Hall–Kier alpha value is -2.87. The van der Waals surface area contributed by atoms with Gasteiger partial charge in [-0.2, -0.15) is 0 Å². The highest BCUT2D eigenvalue weighted by Gasteiger charge is 2.18. The van der Waals surface area contributed by atoms with Crippen molar-refractivity contribution in [3.63, 3.8) is 0 Å². The second-order valence-electron chi connectivity index (χ2n) is 6.07. The van der Waals surface area contributed by atoms with Crippen molar-refractivity contribution in [3.05, 3.63) is 87.0 Å². The zero-order chi connectivity index (χ0) is 20.1. The first-order chi connectivity index (χ1) is 13.5. The molecule has 5 nitrogen and oxygen atoms in total. The molecule has 0 atom stereocenters. The molecule has 3 aromatic carbocycles. The fourth-order valence-corrected chi connectivity index (χ4v) is 3.36. The van der Waals surface area contributed by atoms with Gasteiger partial charge in [-0.1, -0.05) is 36.4 Å². The number of methoxy groups -OCH3 is 1. The Kier molecular flexibility index (Phi) is 6.30. The van der Waals surface area contributed by atoms with Crippen molar-refractivity contribution in [2.24, 2.45) is 0 Å². The first-order valence-electron chi connectivity index (χ1n) is 8.53. The van der Waals surface area contributed by atoms with Gasteiger partial charge in [-0.3, -0.25) is 4.79 Å². The molecule has 2 N–H and O–H groups in total. The summed E-state index contributed by atoms with van der Waals surface area (Å²) in [6.07, 6.45) is 0. The molecule has 0 spiro atoms. The van der Waals surface area contributed by atoms with Crippen LogP contribution in [0.3, 0.4) is 0 Å². The van der Waals surface area contributed by atoms with Gasteiger partial charge in [0.1, 0.15) is 5.75 Å². The number of rotatable bonds is 6. The number of amides is 1. The van der Waals surface area contributed by atoms with Crippen LogP contribution in [0.5, 0.6) is 5.75 Å². The Bertz CT molecular complexity index is 1020. The van der Waals surface area contributed by atoms with Gasteiger partial charge in [-0.05, 0) is 69.6 Å². The SMILES string of the molecule is COc1ccc(CNC(=O)c2cc(I)ccc2-c2ccccc2C(=O)O)cc1. The molecule has 142 valence electrons. The lowest BCUT2D eigenvalue weighted by molar-refractivity contribution is 0.0697. The van der Waals surface area contributed by atoms with Crippen LogP contribution in [0.4, 0.5) is 0 Å². The molecule has 0 heterocycles. The molecule has 0 fully saturated rings. The van der Waals surface area contributed by atoms with Crippen LogP contribution in [-0.4, -0.2) is 24.1 Å². The fraction of sp³-hybridized carbons (Fsp3) is 0.0909. The Balaban J connectivity index is 1.90. The van der Waals surface area contributed by atoms with Gasteiger partial charge in [0.25, 0.3) is 5.91 Å². The molecule has 0 radical (unpaired) electrons. The van der Waals surface area contributed by atoms with Crippen molar-refractivity contribution < 1.29 is 19.4 Å². The average Bonchev–Trinajstić information content (AvgIpc) is 2.72. The van der Waals surface area contributed by atoms with E-state index >= 15 is 0 Å². The Morgan fingerprint density at radius 3 is 2.32 bits per heavy atom. The summed E-state index contributed by atoms with van der Waals surface area (Å²) < 4.78 is 6.03. The summed E-state index contributed by atoms with van der Waals surface area (Å²) in [6, 6.07) is 19.5. The molecule has 0 saturated carbocycles. The first-order valence-corrected chi connectivity index (χ1v) is 9.61. The number of ether oxygens (including phenoxy) is 1. The van der Waals surface area contributed by atoms with Crippen molar-refractivity contribution in [2.75, 3.05) is 7.11 Å². The maximum Gasteiger partial charge on any atom is 0.336 e. The molecule has 0 aliphatic heterocycles. The van der Waals surface area contributed by atoms with Crippen LogP contribution in [-0.2, 0) is 6.54 Å². The number of benzene rings is 3. The zero-order valence-corrected chi connectivity index (χ0v) is 17.3. The quantitative estimate of drug-likeness (QED) is 0.499. The monoisotopic (exact) mass is 487 g/mol. The number of carboxylic acid groups (broad SMARTS) is 1. The van der Waals surface area contributed by atoms with Crippen LogP contribution in [0.15, 0.2) is 66.7 Å². The van der Waals surface area contributed by atoms with Gasteiger partial charge in [0.15, 0.2) is 0 Å². The minimum atomic E-state index is -1.03. The van der Waals surface area contributed by atoms with E-state index in [9.17, 15) is 14.7 Å². The van der Waals surface area contributed by atoms with E-state index in [1.807, 2.05) is 30.3 Å². The summed E-state index contributed by atoms with van der Waals surface area (Å²) in [7, 11) is 1.60. The molecular formula is C22H18INO4. The van der Waals surface area contributed by atoms with E-state index in [4.69, 9.17) is 4.74 Å². The number of aromatic carboxylic acids is 1. The number of carbonyl (C=O) groups is 2. The molecular weight excluding hydrogens is 469 g/mol. The van der Waals surface area contributed by atoms with Crippen molar-refractivity contribution in [2.45, 2.75) is 6.54 Å². The third-order valence-electron chi connectivity index (χ3n) is 4.29. The predicted molar refractivity (Wildman–Crippen MR) is 116 cm³/mol. The van der Waals surface area contributed by atoms with Gasteiger partial charge in [0, 0.05) is 15.7 Å². The minimum absolute atomic E-state index is 0.160. The van der Waals surface area contributed by atoms with Crippen LogP contribution in [0, 0.1) is 3.57 Å². The van der Waals surface area contributed by atoms with Crippen molar-refractivity contribution >= 4 is 34.5 Å². The zero-order valence-electron chi connectivity index (χ0n) is 15.1. The first kappa shape index (κ1) is 19.9. The third kappa shape index (κ3) is 4.51. The summed E-state index contributed by atoms with van der Waals surface area (Å²) in [5, 5.41) is 12.4. The maximum absolute atomic E-state index is 12.9. The summed E-state index contributed by atoms with van der Waals surface area (Å²) in [5.41, 5.74) is 2.64. The molecule has 0 unspecified atom stereocenters. The molecule has 0 aromatic heterocycles. The van der Waals surface area contributed by atoms with Gasteiger partial charge in [0.05, 0.1) is 12.7 Å². The number of halogens is 1. The normalized spacial score (nSPS) is 10.4. The standard InChI is InChI=1S/C22H18INO4/c1-28-16-9-6-14(7-10-16)13-24-21(25)20-12-15(23)8-11-18(20)17-4-2-3-5-19(17)22(26)27/h2-12H,13H2,1H3,(H,24,25)(H,26,27). The van der Waals surface area contributed by atoms with Gasteiger partial charge < -0.3 is 15.2 Å². The summed E-state index contributed by atoms with van der Waals surface area (Å²) in [5.74, 6) is -0.538. The summed E-state index contributed by atoms with van der Waals surface area (Å²) in [6.45, 7) is 0.355. The Morgan fingerprint density at radius 2 is 1.64 bits per heavy atom. The molecule has 0 saturated heterocycles. The Labute approximate surface area is 176 Å². The van der Waals surface area contributed by atoms with E-state index in [2.05, 4.69) is 27.9 Å². The van der Waals surface area contributed by atoms with Crippen molar-refractivity contribution in [3.8, 4) is 16.9 Å². The van der Waals surface area contributed by atoms with Gasteiger partial charge in [-0.15, -0.1) is 0 Å². The molecule has 1 amide bonds. The molecule has 0 bridgehead atoms. The Morgan fingerprint density at radius 1 is 0.964 bits per heavy atom. The lowest BCUT2D eigenvalue weighted by atomic mass is 9.95. The van der Waals surface area contributed by atoms with E-state index in [-0.39, 0.29) is 11.5 Å². The molecule has 3 rings (SSSR count). The lowest BCUT2D eigenvalue weighted by Crippen LogP contribution is -2.23. The maximum atomic E-state index is 12.9. The number of carboxylic acids is 1. The molecule has 28 heavy (non-hydrogen) atoms. The van der Waals surface area contributed by atoms with Crippen LogP contribution in [0.25, 0.3) is 11.1 Å². The van der Waals surface area contributed by atoms with Crippen LogP contribution < -0.4 is 10.1 Å². The number of carbonyl (C=O) groups excluding carboxylic acids is 1. The van der Waals surface area contributed by atoms with E-state index in [0.29, 0.717) is 23.2 Å². The highest BCUT2D eigenvalue weighted by molar-refractivity contribution is 14.1. The van der Waals surface area contributed by atoms with Crippen LogP contribution >= 0.6 is 22.6 Å². The second kappa shape index (κ2) is 8.88. The number of hydrogen-bond acceptors (Lipinski definition) is 3. The predicted octanol–water partition coefficient (Wildman–Crippen LogP) is 4.60. The average molecular weight is 487 g/mol. The van der Waals surface area contributed by atoms with Gasteiger partial charge >= 0.3 is 5.97 Å². The largest absolute Gasteiger partial charge is 0.497 e. The number of hydrogen-bond donors (Lipinski definition) is 2. The topological polar surface area (TPSA) is 75.6 Å². The van der Waals surface area contributed by atoms with E-state index in [1.165, 1.54) is 6.07 Å². The summed E-state index contributed by atoms with van der Waals surface area (Å²) in [4.78, 5) is 24.5. The van der Waals surface area contributed by atoms with Gasteiger partial charge in [0.2, 0.25) is 0 Å². The third-order valence-corrected chi connectivity index (χ3v) is 4.96. The second-order valence-corrected chi connectivity index (χ2v) is 7.32. The highest BCUT2D eigenvalue weighted by Crippen LogP contribution is 2.29.